The molecule has 0 radical (unpaired) electrons. The van der Waals surface area contributed by atoms with Crippen molar-refractivity contribution in [3.05, 3.63) is 65.7 Å². The number of ketones is 1. The lowest BCUT2D eigenvalue weighted by Crippen LogP contribution is -2.56. The van der Waals surface area contributed by atoms with Gasteiger partial charge in [0.15, 0.2) is 0 Å². The van der Waals surface area contributed by atoms with Gasteiger partial charge in [0.2, 0.25) is 11.7 Å². The zero-order valence-electron chi connectivity index (χ0n) is 24.8. The van der Waals surface area contributed by atoms with Gasteiger partial charge < -0.3 is 30.2 Å². The Hall–Kier alpha value is -4.25. The highest BCUT2D eigenvalue weighted by atomic mass is 16.5. The summed E-state index contributed by atoms with van der Waals surface area (Å²) in [6.45, 7) is 1.10. The molecule has 2 aromatic rings. The van der Waals surface area contributed by atoms with Gasteiger partial charge in [-0.25, -0.2) is 0 Å². The number of carbonyl (C=O) groups is 5. The molecule has 3 amide bonds. The number of benzene rings is 2. The Labute approximate surface area is 252 Å². The molecule has 0 aliphatic heterocycles. The van der Waals surface area contributed by atoms with Crippen LogP contribution >= 0.6 is 0 Å². The van der Waals surface area contributed by atoms with Gasteiger partial charge in [0.05, 0.1) is 26.9 Å². The molecule has 43 heavy (non-hydrogen) atoms. The lowest BCUT2D eigenvalue weighted by atomic mass is 9.84. The van der Waals surface area contributed by atoms with Crippen LogP contribution in [0.15, 0.2) is 54.6 Å². The first-order valence-corrected chi connectivity index (χ1v) is 14.6. The van der Waals surface area contributed by atoms with E-state index < -0.39 is 48.1 Å². The SMILES string of the molecule is CCOC(=O)CNC(=O)C(=O)C(COCc1ccccc1)NC(=O)[C@@H](CC1CCCCC1)NC(=O)c1ccc(OC)cc1. The van der Waals surface area contributed by atoms with E-state index in [0.29, 0.717) is 17.7 Å². The van der Waals surface area contributed by atoms with Crippen LogP contribution < -0.4 is 20.7 Å². The van der Waals surface area contributed by atoms with Crippen LogP contribution in [0.2, 0.25) is 0 Å². The summed E-state index contributed by atoms with van der Waals surface area (Å²) in [5, 5.41) is 7.70. The zero-order chi connectivity index (χ0) is 31.0. The molecule has 0 spiro atoms. The molecule has 3 rings (SSSR count). The minimum absolute atomic E-state index is 0.124. The maximum absolute atomic E-state index is 13.6. The molecular formula is C32H41N3O8. The number of hydrogen-bond donors (Lipinski definition) is 3. The van der Waals surface area contributed by atoms with E-state index in [1.165, 1.54) is 7.11 Å². The van der Waals surface area contributed by atoms with Crippen LogP contribution in [-0.2, 0) is 35.3 Å². The molecule has 0 bridgehead atoms. The summed E-state index contributed by atoms with van der Waals surface area (Å²) < 4.78 is 15.7. The molecule has 1 fully saturated rings. The van der Waals surface area contributed by atoms with Crippen molar-refractivity contribution in [2.75, 3.05) is 26.9 Å². The summed E-state index contributed by atoms with van der Waals surface area (Å²) in [5.41, 5.74) is 1.19. The van der Waals surface area contributed by atoms with Crippen molar-refractivity contribution in [1.82, 2.24) is 16.0 Å². The number of ether oxygens (including phenoxy) is 3. The van der Waals surface area contributed by atoms with Crippen molar-refractivity contribution in [2.24, 2.45) is 5.92 Å². The first-order valence-electron chi connectivity index (χ1n) is 14.6. The van der Waals surface area contributed by atoms with E-state index in [-0.39, 0.29) is 25.7 Å². The van der Waals surface area contributed by atoms with Crippen molar-refractivity contribution in [2.45, 2.75) is 64.1 Å². The number of esters is 1. The van der Waals surface area contributed by atoms with E-state index >= 15 is 0 Å². The third kappa shape index (κ3) is 11.2. The van der Waals surface area contributed by atoms with Crippen molar-refractivity contribution in [3.63, 3.8) is 0 Å². The monoisotopic (exact) mass is 595 g/mol. The molecular weight excluding hydrogens is 554 g/mol. The third-order valence-electron chi connectivity index (χ3n) is 7.22. The van der Waals surface area contributed by atoms with E-state index in [9.17, 15) is 24.0 Å². The highest BCUT2D eigenvalue weighted by molar-refractivity contribution is 6.38. The molecule has 11 heteroatoms. The summed E-state index contributed by atoms with van der Waals surface area (Å²) in [4.78, 5) is 64.3. The summed E-state index contributed by atoms with van der Waals surface area (Å²) >= 11 is 0. The third-order valence-corrected chi connectivity index (χ3v) is 7.22. The van der Waals surface area contributed by atoms with Crippen LogP contribution in [0, 0.1) is 5.92 Å². The van der Waals surface area contributed by atoms with Crippen LogP contribution in [0.4, 0.5) is 0 Å². The number of amides is 3. The minimum atomic E-state index is -1.36. The van der Waals surface area contributed by atoms with E-state index in [1.54, 1.807) is 31.2 Å². The fourth-order valence-electron chi connectivity index (χ4n) is 4.91. The Morgan fingerprint density at radius 2 is 1.58 bits per heavy atom. The summed E-state index contributed by atoms with van der Waals surface area (Å²) in [6.07, 6.45) is 5.46. The minimum Gasteiger partial charge on any atom is -0.497 e. The lowest BCUT2D eigenvalue weighted by Gasteiger charge is -2.28. The summed E-state index contributed by atoms with van der Waals surface area (Å²) in [5.74, 6) is -2.99. The lowest BCUT2D eigenvalue weighted by molar-refractivity contribution is -0.146. The number of methoxy groups -OCH3 is 1. The second-order valence-electron chi connectivity index (χ2n) is 10.4. The average molecular weight is 596 g/mol. The molecule has 2 aromatic carbocycles. The zero-order valence-corrected chi connectivity index (χ0v) is 24.8. The van der Waals surface area contributed by atoms with E-state index in [4.69, 9.17) is 14.2 Å². The fourth-order valence-corrected chi connectivity index (χ4v) is 4.91. The summed E-state index contributed by atoms with van der Waals surface area (Å²) in [6, 6.07) is 13.4. The van der Waals surface area contributed by atoms with Gasteiger partial charge in [0, 0.05) is 5.56 Å². The van der Waals surface area contributed by atoms with Gasteiger partial charge in [-0.05, 0) is 49.1 Å². The number of rotatable bonds is 16. The standard InChI is InChI=1S/C32H41N3O8/c1-3-43-28(36)19-33-32(40)29(37)27(21-42-20-23-12-8-5-9-13-23)35-31(39)26(18-22-10-6-4-7-11-22)34-30(38)24-14-16-25(41-2)17-15-24/h5,8-9,12-17,22,26-27H,3-4,6-7,10-11,18-21H2,1-2H3,(H,33,40)(H,34,38)(H,35,39)/t26-,27?/m1/s1. The van der Waals surface area contributed by atoms with Gasteiger partial charge in [-0.2, -0.15) is 0 Å². The predicted octanol–water partition coefficient (Wildman–Crippen LogP) is 2.71. The van der Waals surface area contributed by atoms with Gasteiger partial charge in [-0.3, -0.25) is 24.0 Å². The quantitative estimate of drug-likeness (QED) is 0.198. The van der Waals surface area contributed by atoms with Crippen molar-refractivity contribution < 1.29 is 38.2 Å². The molecule has 11 nitrogen and oxygen atoms in total. The fraction of sp³-hybridized carbons (Fsp3) is 0.469. The molecule has 0 saturated heterocycles. The Bertz CT molecular complexity index is 1210. The molecule has 1 aliphatic carbocycles. The average Bonchev–Trinajstić information content (AvgIpc) is 3.03. The van der Waals surface area contributed by atoms with E-state index in [0.717, 1.165) is 37.7 Å². The van der Waals surface area contributed by atoms with Crippen LogP contribution in [-0.4, -0.2) is 68.4 Å². The summed E-state index contributed by atoms with van der Waals surface area (Å²) in [7, 11) is 1.53. The largest absolute Gasteiger partial charge is 0.497 e. The van der Waals surface area contributed by atoms with Crippen molar-refractivity contribution in [3.8, 4) is 5.75 Å². The van der Waals surface area contributed by atoms with Crippen LogP contribution in [0.5, 0.6) is 5.75 Å². The Morgan fingerprint density at radius 3 is 2.23 bits per heavy atom. The number of carbonyl (C=O) groups excluding carboxylic acids is 5. The Kier molecular flexibility index (Phi) is 13.6. The molecule has 1 aliphatic rings. The molecule has 232 valence electrons. The first-order chi connectivity index (χ1) is 20.8. The maximum atomic E-state index is 13.6. The second kappa shape index (κ2) is 17.6. The second-order valence-corrected chi connectivity index (χ2v) is 10.4. The predicted molar refractivity (Wildman–Crippen MR) is 158 cm³/mol. The Morgan fingerprint density at radius 1 is 0.884 bits per heavy atom. The molecule has 0 aromatic heterocycles. The number of hydrogen-bond acceptors (Lipinski definition) is 8. The van der Waals surface area contributed by atoms with E-state index in [2.05, 4.69) is 16.0 Å². The molecule has 2 atom stereocenters. The van der Waals surface area contributed by atoms with Gasteiger partial charge >= 0.3 is 5.97 Å². The maximum Gasteiger partial charge on any atom is 0.325 e. The smallest absolute Gasteiger partial charge is 0.325 e. The van der Waals surface area contributed by atoms with Crippen LogP contribution in [0.3, 0.4) is 0 Å². The molecule has 1 unspecified atom stereocenters. The first kappa shape index (κ1) is 33.3. The normalized spacial score (nSPS) is 14.6. The van der Waals surface area contributed by atoms with Gasteiger partial charge in [-0.1, -0.05) is 62.4 Å². The molecule has 1 saturated carbocycles. The number of Topliss-reactive ketones (excluding diaryl/α,β-unsaturated/α-hetero) is 1. The molecule has 0 heterocycles. The van der Waals surface area contributed by atoms with Crippen molar-refractivity contribution >= 4 is 29.5 Å². The molecule has 3 N–H and O–H groups in total. The van der Waals surface area contributed by atoms with E-state index in [1.807, 2.05) is 30.3 Å². The van der Waals surface area contributed by atoms with Crippen LogP contribution in [0.25, 0.3) is 0 Å². The van der Waals surface area contributed by atoms with Gasteiger partial charge in [-0.15, -0.1) is 0 Å². The highest BCUT2D eigenvalue weighted by Gasteiger charge is 2.32. The van der Waals surface area contributed by atoms with Crippen LogP contribution in [0.1, 0.15) is 61.4 Å². The topological polar surface area (TPSA) is 149 Å². The number of nitrogens with one attached hydrogen (secondary N) is 3. The highest BCUT2D eigenvalue weighted by Crippen LogP contribution is 2.27. The van der Waals surface area contributed by atoms with Crippen molar-refractivity contribution in [1.29, 1.82) is 0 Å². The Balaban J connectivity index is 1.74. The van der Waals surface area contributed by atoms with Gasteiger partial charge in [0.1, 0.15) is 24.4 Å². The van der Waals surface area contributed by atoms with Gasteiger partial charge in [0.25, 0.3) is 11.8 Å².